The molecule has 0 bridgehead atoms. The van der Waals surface area contributed by atoms with Crippen LogP contribution in [-0.2, 0) is 4.79 Å². The van der Waals surface area contributed by atoms with Gasteiger partial charge in [0.15, 0.2) is 6.10 Å². The van der Waals surface area contributed by atoms with Crippen LogP contribution >= 0.6 is 0 Å². The Morgan fingerprint density at radius 2 is 2.06 bits per heavy atom. The lowest BCUT2D eigenvalue weighted by Gasteiger charge is -2.25. The molecule has 0 rings (SSSR count). The number of aliphatic hydroxyl groups is 1. The number of urea groups is 1. The molecule has 1 atom stereocenters. The van der Waals surface area contributed by atoms with Gasteiger partial charge in [0.05, 0.1) is 0 Å². The van der Waals surface area contributed by atoms with E-state index in [1.54, 1.807) is 11.0 Å². The van der Waals surface area contributed by atoms with Gasteiger partial charge >= 0.3 is 12.0 Å². The van der Waals surface area contributed by atoms with Gasteiger partial charge in [-0.1, -0.05) is 6.08 Å². The van der Waals surface area contributed by atoms with Crippen molar-refractivity contribution in [1.82, 2.24) is 10.2 Å². The quantitative estimate of drug-likeness (QED) is 0.566. The van der Waals surface area contributed by atoms with Gasteiger partial charge in [-0.05, 0) is 13.8 Å². The molecule has 6 nitrogen and oxygen atoms in total. The zero-order chi connectivity index (χ0) is 13.4. The molecule has 1 unspecified atom stereocenters. The third-order valence-corrected chi connectivity index (χ3v) is 2.19. The van der Waals surface area contributed by atoms with Crippen LogP contribution in [0.2, 0.25) is 0 Å². The predicted molar refractivity (Wildman–Crippen MR) is 63.7 cm³/mol. The summed E-state index contributed by atoms with van der Waals surface area (Å²) in [7, 11) is 0. The van der Waals surface area contributed by atoms with Crippen LogP contribution in [0.25, 0.3) is 0 Å². The molecular weight excluding hydrogens is 224 g/mol. The number of carbonyl (C=O) groups is 2. The van der Waals surface area contributed by atoms with Crippen molar-refractivity contribution in [2.75, 3.05) is 13.1 Å². The van der Waals surface area contributed by atoms with Gasteiger partial charge in [0.2, 0.25) is 0 Å². The van der Waals surface area contributed by atoms with Crippen LogP contribution in [-0.4, -0.2) is 52.3 Å². The van der Waals surface area contributed by atoms with E-state index in [1.807, 2.05) is 13.8 Å². The van der Waals surface area contributed by atoms with Gasteiger partial charge in [-0.3, -0.25) is 0 Å². The maximum atomic E-state index is 11.7. The van der Waals surface area contributed by atoms with Crippen LogP contribution in [0.15, 0.2) is 12.7 Å². The molecule has 2 amide bonds. The fourth-order valence-corrected chi connectivity index (χ4v) is 1.21. The van der Waals surface area contributed by atoms with E-state index < -0.39 is 12.1 Å². The normalized spacial score (nSPS) is 12.0. The van der Waals surface area contributed by atoms with Crippen molar-refractivity contribution >= 4 is 12.0 Å². The van der Waals surface area contributed by atoms with Crippen molar-refractivity contribution in [3.63, 3.8) is 0 Å². The maximum Gasteiger partial charge on any atom is 0.332 e. The number of carbonyl (C=O) groups excluding carboxylic acids is 1. The summed E-state index contributed by atoms with van der Waals surface area (Å²) < 4.78 is 0. The second kappa shape index (κ2) is 7.67. The SMILES string of the molecule is C=CCN(C(=O)NCCC(O)C(=O)O)C(C)C. The Labute approximate surface area is 101 Å². The fraction of sp³-hybridized carbons (Fsp3) is 0.636. The van der Waals surface area contributed by atoms with Crippen LogP contribution in [0.3, 0.4) is 0 Å². The Bertz CT molecular complexity index is 279. The van der Waals surface area contributed by atoms with Crippen LogP contribution in [0, 0.1) is 0 Å². The van der Waals surface area contributed by atoms with Gasteiger partial charge in [0.1, 0.15) is 0 Å². The number of carboxylic acids is 1. The zero-order valence-electron chi connectivity index (χ0n) is 10.2. The molecule has 0 spiro atoms. The number of hydrogen-bond donors (Lipinski definition) is 3. The van der Waals surface area contributed by atoms with Crippen molar-refractivity contribution in [2.24, 2.45) is 0 Å². The van der Waals surface area contributed by atoms with Gasteiger partial charge in [-0.15, -0.1) is 6.58 Å². The number of amides is 2. The summed E-state index contributed by atoms with van der Waals surface area (Å²) in [6, 6.07) is -0.269. The Morgan fingerprint density at radius 1 is 1.47 bits per heavy atom. The van der Waals surface area contributed by atoms with Crippen molar-refractivity contribution in [3.05, 3.63) is 12.7 Å². The molecule has 17 heavy (non-hydrogen) atoms. The van der Waals surface area contributed by atoms with Gasteiger partial charge in [0, 0.05) is 25.6 Å². The molecule has 0 aromatic heterocycles. The molecule has 0 aliphatic carbocycles. The average Bonchev–Trinajstić information content (AvgIpc) is 2.24. The number of aliphatic hydroxyl groups excluding tert-OH is 1. The number of aliphatic carboxylic acids is 1. The van der Waals surface area contributed by atoms with Gasteiger partial charge in [-0.2, -0.15) is 0 Å². The van der Waals surface area contributed by atoms with Gasteiger partial charge in [0.25, 0.3) is 0 Å². The lowest BCUT2D eigenvalue weighted by atomic mass is 10.2. The monoisotopic (exact) mass is 244 g/mol. The molecule has 0 fully saturated rings. The summed E-state index contributed by atoms with van der Waals surface area (Å²) in [6.45, 7) is 7.84. The largest absolute Gasteiger partial charge is 0.479 e. The molecule has 0 aliphatic heterocycles. The Hall–Kier alpha value is -1.56. The third kappa shape index (κ3) is 5.91. The molecule has 6 heteroatoms. The minimum atomic E-state index is -1.44. The number of rotatable bonds is 7. The maximum absolute atomic E-state index is 11.7. The first kappa shape index (κ1) is 15.4. The fourth-order valence-electron chi connectivity index (χ4n) is 1.21. The summed E-state index contributed by atoms with van der Waals surface area (Å²) in [5, 5.41) is 20.0. The minimum absolute atomic E-state index is 0.0128. The first-order valence-electron chi connectivity index (χ1n) is 5.46. The Morgan fingerprint density at radius 3 is 2.47 bits per heavy atom. The minimum Gasteiger partial charge on any atom is -0.479 e. The Balaban J connectivity index is 4.06. The number of nitrogens with one attached hydrogen (secondary N) is 1. The van der Waals surface area contributed by atoms with E-state index in [0.29, 0.717) is 6.54 Å². The highest BCUT2D eigenvalue weighted by Crippen LogP contribution is 1.99. The molecule has 0 aliphatic rings. The average molecular weight is 244 g/mol. The number of hydrogen-bond acceptors (Lipinski definition) is 3. The highest BCUT2D eigenvalue weighted by molar-refractivity contribution is 5.75. The smallest absolute Gasteiger partial charge is 0.332 e. The third-order valence-electron chi connectivity index (χ3n) is 2.19. The van der Waals surface area contributed by atoms with E-state index in [-0.39, 0.29) is 25.0 Å². The van der Waals surface area contributed by atoms with E-state index in [4.69, 9.17) is 10.2 Å². The van der Waals surface area contributed by atoms with Crippen molar-refractivity contribution < 1.29 is 19.8 Å². The first-order chi connectivity index (χ1) is 7.90. The van der Waals surface area contributed by atoms with Crippen molar-refractivity contribution in [1.29, 1.82) is 0 Å². The van der Waals surface area contributed by atoms with E-state index in [0.717, 1.165) is 0 Å². The molecule has 0 aromatic carbocycles. The van der Waals surface area contributed by atoms with Crippen LogP contribution in [0.1, 0.15) is 20.3 Å². The lowest BCUT2D eigenvalue weighted by Crippen LogP contribution is -2.44. The van der Waals surface area contributed by atoms with E-state index in [9.17, 15) is 9.59 Å². The summed E-state index contributed by atoms with van der Waals surface area (Å²) >= 11 is 0. The Kier molecular flexibility index (Phi) is 6.97. The summed E-state index contributed by atoms with van der Waals surface area (Å²) in [6.07, 6.45) is 0.162. The summed E-state index contributed by atoms with van der Waals surface area (Å²) in [4.78, 5) is 23.6. The van der Waals surface area contributed by atoms with Crippen LogP contribution in [0.5, 0.6) is 0 Å². The molecule has 0 heterocycles. The molecule has 0 saturated carbocycles. The standard InChI is InChI=1S/C11H20N2O4/c1-4-7-13(8(2)3)11(17)12-6-5-9(14)10(15)16/h4,8-9,14H,1,5-7H2,2-3H3,(H,12,17)(H,15,16). The summed E-state index contributed by atoms with van der Waals surface area (Å²) in [5.41, 5.74) is 0. The van der Waals surface area contributed by atoms with Gasteiger partial charge < -0.3 is 20.4 Å². The van der Waals surface area contributed by atoms with Crippen molar-refractivity contribution in [2.45, 2.75) is 32.4 Å². The van der Waals surface area contributed by atoms with Gasteiger partial charge in [-0.25, -0.2) is 9.59 Å². The van der Waals surface area contributed by atoms with Crippen LogP contribution in [0.4, 0.5) is 4.79 Å². The van der Waals surface area contributed by atoms with E-state index in [2.05, 4.69) is 11.9 Å². The first-order valence-corrected chi connectivity index (χ1v) is 5.46. The van der Waals surface area contributed by atoms with E-state index in [1.165, 1.54) is 0 Å². The van der Waals surface area contributed by atoms with Crippen LogP contribution < -0.4 is 5.32 Å². The highest BCUT2D eigenvalue weighted by atomic mass is 16.4. The second-order valence-electron chi connectivity index (χ2n) is 3.91. The molecule has 98 valence electrons. The zero-order valence-corrected chi connectivity index (χ0v) is 10.2. The number of carboxylic acid groups (broad SMARTS) is 1. The van der Waals surface area contributed by atoms with E-state index >= 15 is 0 Å². The molecular formula is C11H20N2O4. The highest BCUT2D eigenvalue weighted by Gasteiger charge is 2.17. The molecule has 0 radical (unpaired) electrons. The topological polar surface area (TPSA) is 89.9 Å². The number of nitrogens with zero attached hydrogens (tertiary/aromatic N) is 1. The molecule has 3 N–H and O–H groups in total. The summed E-state index contributed by atoms with van der Waals surface area (Å²) in [5.74, 6) is -1.29. The molecule has 0 aromatic rings. The second-order valence-corrected chi connectivity index (χ2v) is 3.91. The molecule has 0 saturated heterocycles. The lowest BCUT2D eigenvalue weighted by molar-refractivity contribution is -0.146. The predicted octanol–water partition coefficient (Wildman–Crippen LogP) is 0.428. The van der Waals surface area contributed by atoms with Crippen molar-refractivity contribution in [3.8, 4) is 0 Å².